The van der Waals surface area contributed by atoms with Crippen molar-refractivity contribution in [2.75, 3.05) is 24.5 Å². The van der Waals surface area contributed by atoms with Gasteiger partial charge in [-0.2, -0.15) is 5.10 Å². The molecule has 5 heteroatoms. The third-order valence-electron chi connectivity index (χ3n) is 5.32. The van der Waals surface area contributed by atoms with Gasteiger partial charge in [0.1, 0.15) is 5.82 Å². The van der Waals surface area contributed by atoms with Crippen LogP contribution in [0.3, 0.4) is 0 Å². The van der Waals surface area contributed by atoms with E-state index in [1.165, 1.54) is 24.0 Å². The molecule has 2 saturated heterocycles. The quantitative estimate of drug-likeness (QED) is 0.941. The van der Waals surface area contributed by atoms with Gasteiger partial charge in [-0.05, 0) is 36.3 Å². The molecular weight excluding hydrogens is 300 g/mol. The summed E-state index contributed by atoms with van der Waals surface area (Å²) in [6, 6.07) is 10.9. The van der Waals surface area contributed by atoms with Gasteiger partial charge in [-0.15, -0.1) is 0 Å². The van der Waals surface area contributed by atoms with E-state index in [1.807, 2.05) is 17.2 Å². The molecule has 0 saturated carbocycles. The van der Waals surface area contributed by atoms with Crippen LogP contribution in [-0.2, 0) is 11.3 Å². The van der Waals surface area contributed by atoms with Gasteiger partial charge in [0, 0.05) is 38.7 Å². The van der Waals surface area contributed by atoms with Crippen molar-refractivity contribution in [1.29, 1.82) is 0 Å². The maximum atomic E-state index is 11.7. The van der Waals surface area contributed by atoms with Crippen LogP contribution in [0.4, 0.5) is 5.82 Å². The zero-order valence-electron chi connectivity index (χ0n) is 13.9. The molecule has 0 aliphatic carbocycles. The number of piperidine rings is 1. The molecule has 126 valence electrons. The zero-order chi connectivity index (χ0) is 16.4. The first-order chi connectivity index (χ1) is 11.8. The van der Waals surface area contributed by atoms with E-state index in [9.17, 15) is 4.79 Å². The van der Waals surface area contributed by atoms with Gasteiger partial charge in [0.25, 0.3) is 0 Å². The van der Waals surface area contributed by atoms with Crippen LogP contribution in [-0.4, -0.2) is 40.6 Å². The Morgan fingerprint density at radius 3 is 2.50 bits per heavy atom. The van der Waals surface area contributed by atoms with Crippen molar-refractivity contribution in [2.45, 2.75) is 38.1 Å². The number of carbonyl (C=O) groups excluding carboxylic acids is 1. The highest BCUT2D eigenvalue weighted by atomic mass is 16.2. The van der Waals surface area contributed by atoms with E-state index in [0.29, 0.717) is 18.2 Å². The first-order valence-corrected chi connectivity index (χ1v) is 8.90. The first-order valence-electron chi connectivity index (χ1n) is 8.90. The minimum Gasteiger partial charge on any atom is -0.357 e. The van der Waals surface area contributed by atoms with E-state index in [4.69, 9.17) is 0 Å². The van der Waals surface area contributed by atoms with Crippen LogP contribution in [0.2, 0.25) is 0 Å². The third-order valence-corrected chi connectivity index (χ3v) is 5.32. The maximum absolute atomic E-state index is 11.7. The monoisotopic (exact) mass is 324 g/mol. The van der Waals surface area contributed by atoms with Gasteiger partial charge in [0.2, 0.25) is 5.91 Å². The van der Waals surface area contributed by atoms with Gasteiger partial charge in [-0.1, -0.05) is 24.3 Å². The molecule has 0 atom stereocenters. The molecule has 24 heavy (non-hydrogen) atoms. The van der Waals surface area contributed by atoms with Crippen LogP contribution in [0.5, 0.6) is 0 Å². The second-order valence-corrected chi connectivity index (χ2v) is 6.86. The Hall–Kier alpha value is -2.30. The van der Waals surface area contributed by atoms with Crippen molar-refractivity contribution < 1.29 is 4.79 Å². The number of aromatic nitrogens is 2. The predicted octanol–water partition coefficient (Wildman–Crippen LogP) is 2.92. The molecule has 1 N–H and O–H groups in total. The summed E-state index contributed by atoms with van der Waals surface area (Å²) in [5.41, 5.74) is 2.67. The average Bonchev–Trinajstić information content (AvgIpc) is 3.29. The molecule has 2 aliphatic rings. The van der Waals surface area contributed by atoms with E-state index in [-0.39, 0.29) is 0 Å². The number of likely N-dealkylation sites (tertiary alicyclic amines) is 1. The Morgan fingerprint density at radius 1 is 1.08 bits per heavy atom. The van der Waals surface area contributed by atoms with Crippen LogP contribution >= 0.6 is 0 Å². The molecule has 2 aromatic rings. The van der Waals surface area contributed by atoms with Crippen molar-refractivity contribution >= 4 is 11.7 Å². The van der Waals surface area contributed by atoms with Gasteiger partial charge in [0.15, 0.2) is 0 Å². The Kier molecular flexibility index (Phi) is 4.24. The molecule has 0 radical (unpaired) electrons. The van der Waals surface area contributed by atoms with Gasteiger partial charge >= 0.3 is 0 Å². The number of hydrogen-bond donors (Lipinski definition) is 1. The number of benzene rings is 1. The van der Waals surface area contributed by atoms with E-state index in [2.05, 4.69) is 39.4 Å². The number of aromatic amines is 1. The molecule has 2 aliphatic heterocycles. The normalized spacial score (nSPS) is 19.2. The van der Waals surface area contributed by atoms with E-state index >= 15 is 0 Å². The highest BCUT2D eigenvalue weighted by molar-refractivity contribution is 5.78. The number of amides is 1. The summed E-state index contributed by atoms with van der Waals surface area (Å²) >= 11 is 0. The van der Waals surface area contributed by atoms with Gasteiger partial charge in [-0.3, -0.25) is 9.89 Å². The molecule has 2 fully saturated rings. The second kappa shape index (κ2) is 6.67. The lowest BCUT2D eigenvalue weighted by Crippen LogP contribution is -2.33. The van der Waals surface area contributed by atoms with Crippen molar-refractivity contribution in [3.63, 3.8) is 0 Å². The summed E-state index contributed by atoms with van der Waals surface area (Å²) in [6.07, 6.45) is 5.87. The molecule has 3 heterocycles. The molecule has 5 nitrogen and oxygen atoms in total. The van der Waals surface area contributed by atoms with Crippen LogP contribution in [0.1, 0.15) is 42.7 Å². The Bertz CT molecular complexity index is 672. The average molecular weight is 324 g/mol. The lowest BCUT2D eigenvalue weighted by molar-refractivity contribution is -0.128. The highest BCUT2D eigenvalue weighted by Gasteiger charge is 2.22. The fourth-order valence-electron chi connectivity index (χ4n) is 3.87. The van der Waals surface area contributed by atoms with Gasteiger partial charge in [0.05, 0.1) is 6.20 Å². The number of rotatable bonds is 4. The van der Waals surface area contributed by atoms with Crippen molar-refractivity contribution in [1.82, 2.24) is 15.1 Å². The minimum absolute atomic E-state index is 0.297. The lowest BCUT2D eigenvalue weighted by Gasteiger charge is -2.32. The summed E-state index contributed by atoms with van der Waals surface area (Å²) in [7, 11) is 0. The van der Waals surface area contributed by atoms with Gasteiger partial charge < -0.3 is 9.80 Å². The summed E-state index contributed by atoms with van der Waals surface area (Å²) in [4.78, 5) is 16.1. The number of hydrogen-bond acceptors (Lipinski definition) is 3. The number of anilines is 1. The maximum Gasteiger partial charge on any atom is 0.222 e. The fraction of sp³-hybridized carbons (Fsp3) is 0.474. The number of H-pyrrole nitrogens is 1. The standard InChI is InChI=1S/C19H24N4O/c24-19-2-1-11-23(19)14-15-3-5-16(6-4-15)17-8-12-22(13-9-17)18-7-10-20-21-18/h3-7,10,17H,1-2,8-9,11-14H2,(H,20,21). The number of carbonyl (C=O) groups is 1. The fourth-order valence-corrected chi connectivity index (χ4v) is 3.87. The van der Waals surface area contributed by atoms with Crippen LogP contribution in [0.15, 0.2) is 36.5 Å². The summed E-state index contributed by atoms with van der Waals surface area (Å²) < 4.78 is 0. The van der Waals surface area contributed by atoms with Crippen LogP contribution in [0.25, 0.3) is 0 Å². The molecule has 0 unspecified atom stereocenters. The molecule has 1 amide bonds. The summed E-state index contributed by atoms with van der Waals surface area (Å²) in [5.74, 6) is 2.05. The van der Waals surface area contributed by atoms with Gasteiger partial charge in [-0.25, -0.2) is 0 Å². The third kappa shape index (κ3) is 3.16. The van der Waals surface area contributed by atoms with Crippen LogP contribution in [0, 0.1) is 0 Å². The zero-order valence-corrected chi connectivity index (χ0v) is 13.9. The number of nitrogens with zero attached hydrogens (tertiary/aromatic N) is 3. The molecule has 0 spiro atoms. The molecule has 1 aromatic carbocycles. The number of nitrogens with one attached hydrogen (secondary N) is 1. The molecule has 0 bridgehead atoms. The largest absolute Gasteiger partial charge is 0.357 e. The predicted molar refractivity (Wildman–Crippen MR) is 93.9 cm³/mol. The Morgan fingerprint density at radius 2 is 1.88 bits per heavy atom. The Labute approximate surface area is 142 Å². The smallest absolute Gasteiger partial charge is 0.222 e. The topological polar surface area (TPSA) is 52.2 Å². The van der Waals surface area contributed by atoms with Crippen LogP contribution < -0.4 is 4.90 Å². The lowest BCUT2D eigenvalue weighted by atomic mass is 9.89. The SMILES string of the molecule is O=C1CCCN1Cc1ccc(C2CCN(c3ccn[nH]3)CC2)cc1. The van der Waals surface area contributed by atoms with E-state index in [0.717, 1.165) is 38.4 Å². The Balaban J connectivity index is 1.34. The molecule has 4 rings (SSSR count). The first kappa shape index (κ1) is 15.2. The minimum atomic E-state index is 0.297. The molecular formula is C19H24N4O. The van der Waals surface area contributed by atoms with E-state index in [1.54, 1.807) is 0 Å². The highest BCUT2D eigenvalue weighted by Crippen LogP contribution is 2.30. The van der Waals surface area contributed by atoms with Crippen molar-refractivity contribution in [2.24, 2.45) is 0 Å². The summed E-state index contributed by atoms with van der Waals surface area (Å²) in [6.45, 7) is 3.80. The van der Waals surface area contributed by atoms with Crippen molar-refractivity contribution in [3.8, 4) is 0 Å². The van der Waals surface area contributed by atoms with E-state index < -0.39 is 0 Å². The van der Waals surface area contributed by atoms with Crippen molar-refractivity contribution in [3.05, 3.63) is 47.7 Å². The summed E-state index contributed by atoms with van der Waals surface area (Å²) in [5, 5.41) is 7.09. The molecule has 1 aromatic heterocycles. The second-order valence-electron chi connectivity index (χ2n) is 6.86.